The molecule has 1 amide bonds. The molecular weight excluding hydrogens is 290 g/mol. The molecule has 0 aliphatic heterocycles. The average Bonchev–Trinajstić information content (AvgIpc) is 3.01. The van der Waals surface area contributed by atoms with Gasteiger partial charge in [0.05, 0.1) is 6.54 Å². The van der Waals surface area contributed by atoms with Gasteiger partial charge in [0.15, 0.2) is 0 Å². The van der Waals surface area contributed by atoms with Crippen molar-refractivity contribution in [3.05, 3.63) is 71.1 Å². The molecule has 1 N–H and O–H groups in total. The zero-order valence-electron chi connectivity index (χ0n) is 13.0. The monoisotopic (exact) mass is 307 g/mol. The van der Waals surface area contributed by atoms with Gasteiger partial charge >= 0.3 is 0 Å². The molecule has 116 valence electrons. The fourth-order valence-electron chi connectivity index (χ4n) is 2.39. The lowest BCUT2D eigenvalue weighted by Crippen LogP contribution is -2.23. The molecule has 0 spiro atoms. The minimum atomic E-state index is -0.156. The molecule has 1 aromatic heterocycles. The van der Waals surface area contributed by atoms with Crippen LogP contribution in [0.15, 0.2) is 53.1 Å². The Morgan fingerprint density at radius 2 is 1.78 bits per heavy atom. The molecule has 3 rings (SSSR count). The van der Waals surface area contributed by atoms with Gasteiger partial charge in [-0.2, -0.15) is 4.98 Å². The highest BCUT2D eigenvalue weighted by atomic mass is 16.5. The van der Waals surface area contributed by atoms with Crippen LogP contribution >= 0.6 is 0 Å². The Morgan fingerprint density at radius 3 is 2.48 bits per heavy atom. The summed E-state index contributed by atoms with van der Waals surface area (Å²) in [5, 5.41) is 6.73. The van der Waals surface area contributed by atoms with Gasteiger partial charge in [-0.1, -0.05) is 52.7 Å². The van der Waals surface area contributed by atoms with Crippen LogP contribution in [0.4, 0.5) is 0 Å². The quantitative estimate of drug-likeness (QED) is 0.803. The number of hydrogen-bond acceptors (Lipinski definition) is 4. The van der Waals surface area contributed by atoms with Crippen molar-refractivity contribution >= 4 is 5.91 Å². The molecular formula is C18H17N3O2. The first-order valence-corrected chi connectivity index (χ1v) is 7.36. The predicted molar refractivity (Wildman–Crippen MR) is 86.8 cm³/mol. The Morgan fingerprint density at radius 1 is 1.09 bits per heavy atom. The molecule has 5 heteroatoms. The Labute approximate surface area is 134 Å². The Balaban J connectivity index is 1.67. The second kappa shape index (κ2) is 6.44. The number of benzene rings is 2. The van der Waals surface area contributed by atoms with Crippen LogP contribution in [0.25, 0.3) is 11.4 Å². The Kier molecular flexibility index (Phi) is 4.19. The lowest BCUT2D eigenvalue weighted by atomic mass is 10.1. The van der Waals surface area contributed by atoms with Gasteiger partial charge in [-0.25, -0.2) is 0 Å². The van der Waals surface area contributed by atoms with Crippen molar-refractivity contribution in [2.75, 3.05) is 0 Å². The van der Waals surface area contributed by atoms with Gasteiger partial charge < -0.3 is 9.84 Å². The second-order valence-electron chi connectivity index (χ2n) is 5.44. The first-order chi connectivity index (χ1) is 11.1. The number of carbonyl (C=O) groups is 1. The van der Waals surface area contributed by atoms with E-state index in [0.717, 1.165) is 16.7 Å². The largest absolute Gasteiger partial charge is 0.343 e. The van der Waals surface area contributed by atoms with E-state index in [-0.39, 0.29) is 12.5 Å². The third-order valence-electron chi connectivity index (χ3n) is 3.38. The highest BCUT2D eigenvalue weighted by Crippen LogP contribution is 2.15. The summed E-state index contributed by atoms with van der Waals surface area (Å²) in [6, 6.07) is 15.3. The molecule has 3 aromatic rings. The zero-order valence-corrected chi connectivity index (χ0v) is 13.0. The smallest absolute Gasteiger partial charge is 0.251 e. The molecule has 23 heavy (non-hydrogen) atoms. The van der Waals surface area contributed by atoms with Crippen molar-refractivity contribution < 1.29 is 9.32 Å². The third kappa shape index (κ3) is 3.63. The molecule has 0 bridgehead atoms. The molecule has 1 heterocycles. The molecule has 0 saturated heterocycles. The van der Waals surface area contributed by atoms with Crippen LogP contribution in [-0.2, 0) is 6.54 Å². The van der Waals surface area contributed by atoms with E-state index in [1.807, 2.05) is 62.4 Å². The van der Waals surface area contributed by atoms with E-state index >= 15 is 0 Å². The standard InChI is InChI=1S/C18H17N3O2/c1-12-8-13(2)10-15(9-12)18(22)19-11-16-20-17(21-23-16)14-6-4-3-5-7-14/h3-10H,11H2,1-2H3,(H,19,22). The van der Waals surface area contributed by atoms with Crippen LogP contribution < -0.4 is 5.32 Å². The molecule has 5 nitrogen and oxygen atoms in total. The maximum atomic E-state index is 12.2. The minimum Gasteiger partial charge on any atom is -0.343 e. The number of amides is 1. The van der Waals surface area contributed by atoms with E-state index in [9.17, 15) is 4.79 Å². The fourth-order valence-corrected chi connectivity index (χ4v) is 2.39. The lowest BCUT2D eigenvalue weighted by molar-refractivity contribution is 0.0946. The predicted octanol–water partition coefficient (Wildman–Crippen LogP) is 3.28. The first kappa shape index (κ1) is 15.0. The van der Waals surface area contributed by atoms with Gasteiger partial charge in [-0.15, -0.1) is 0 Å². The number of rotatable bonds is 4. The van der Waals surface area contributed by atoms with Crippen LogP contribution in [0, 0.1) is 13.8 Å². The number of nitrogens with zero attached hydrogens (tertiary/aromatic N) is 2. The van der Waals surface area contributed by atoms with E-state index in [1.165, 1.54) is 0 Å². The molecule has 0 saturated carbocycles. The van der Waals surface area contributed by atoms with Gasteiger partial charge in [-0.3, -0.25) is 4.79 Å². The maximum absolute atomic E-state index is 12.2. The molecule has 0 atom stereocenters. The number of aromatic nitrogens is 2. The van der Waals surface area contributed by atoms with Crippen LogP contribution in [0.5, 0.6) is 0 Å². The summed E-state index contributed by atoms with van der Waals surface area (Å²) in [6.07, 6.45) is 0. The van der Waals surface area contributed by atoms with Gasteiger partial charge in [0.2, 0.25) is 11.7 Å². The Hall–Kier alpha value is -2.95. The summed E-state index contributed by atoms with van der Waals surface area (Å²) in [4.78, 5) is 16.5. The van der Waals surface area contributed by atoms with Crippen molar-refractivity contribution in [3.63, 3.8) is 0 Å². The summed E-state index contributed by atoms with van der Waals surface area (Å²) >= 11 is 0. The molecule has 0 fully saturated rings. The molecule has 0 aliphatic rings. The molecule has 2 aromatic carbocycles. The van der Waals surface area contributed by atoms with E-state index in [4.69, 9.17) is 4.52 Å². The van der Waals surface area contributed by atoms with Crippen LogP contribution in [0.1, 0.15) is 27.4 Å². The summed E-state index contributed by atoms with van der Waals surface area (Å²) < 4.78 is 5.18. The topological polar surface area (TPSA) is 68.0 Å². The van der Waals surface area contributed by atoms with E-state index < -0.39 is 0 Å². The first-order valence-electron chi connectivity index (χ1n) is 7.36. The minimum absolute atomic E-state index is 0.156. The van der Waals surface area contributed by atoms with Gasteiger partial charge in [0.25, 0.3) is 5.91 Å². The molecule has 0 unspecified atom stereocenters. The van der Waals surface area contributed by atoms with Crippen LogP contribution in [0.2, 0.25) is 0 Å². The zero-order chi connectivity index (χ0) is 16.2. The number of nitrogens with one attached hydrogen (secondary N) is 1. The summed E-state index contributed by atoms with van der Waals surface area (Å²) in [6.45, 7) is 4.13. The third-order valence-corrected chi connectivity index (χ3v) is 3.38. The van der Waals surface area contributed by atoms with Crippen molar-refractivity contribution in [3.8, 4) is 11.4 Å². The van der Waals surface area contributed by atoms with Gasteiger partial charge in [0, 0.05) is 11.1 Å². The van der Waals surface area contributed by atoms with Crippen molar-refractivity contribution in [2.24, 2.45) is 0 Å². The average molecular weight is 307 g/mol. The van der Waals surface area contributed by atoms with E-state index in [1.54, 1.807) is 0 Å². The van der Waals surface area contributed by atoms with Crippen LogP contribution in [-0.4, -0.2) is 16.0 Å². The summed E-state index contributed by atoms with van der Waals surface area (Å²) in [7, 11) is 0. The van der Waals surface area contributed by atoms with Gasteiger partial charge in [0.1, 0.15) is 0 Å². The normalized spacial score (nSPS) is 10.5. The second-order valence-corrected chi connectivity index (χ2v) is 5.44. The number of aryl methyl sites for hydroxylation is 2. The number of carbonyl (C=O) groups excluding carboxylic acids is 1. The van der Waals surface area contributed by atoms with Crippen molar-refractivity contribution in [1.29, 1.82) is 0 Å². The van der Waals surface area contributed by atoms with E-state index in [0.29, 0.717) is 17.3 Å². The molecule has 0 aliphatic carbocycles. The maximum Gasteiger partial charge on any atom is 0.251 e. The van der Waals surface area contributed by atoms with Crippen molar-refractivity contribution in [2.45, 2.75) is 20.4 Å². The van der Waals surface area contributed by atoms with Crippen molar-refractivity contribution in [1.82, 2.24) is 15.5 Å². The molecule has 0 radical (unpaired) electrons. The number of hydrogen-bond donors (Lipinski definition) is 1. The summed E-state index contributed by atoms with van der Waals surface area (Å²) in [5.74, 6) is 0.735. The van der Waals surface area contributed by atoms with Gasteiger partial charge in [-0.05, 0) is 26.0 Å². The summed E-state index contributed by atoms with van der Waals surface area (Å²) in [5.41, 5.74) is 3.62. The SMILES string of the molecule is Cc1cc(C)cc(C(=O)NCc2nc(-c3ccccc3)no2)c1. The van der Waals surface area contributed by atoms with Crippen LogP contribution in [0.3, 0.4) is 0 Å². The Bertz CT molecular complexity index is 805. The lowest BCUT2D eigenvalue weighted by Gasteiger charge is -2.05. The van der Waals surface area contributed by atoms with E-state index in [2.05, 4.69) is 15.5 Å². The fraction of sp³-hybridized carbons (Fsp3) is 0.167. The highest BCUT2D eigenvalue weighted by molar-refractivity contribution is 5.94. The highest BCUT2D eigenvalue weighted by Gasteiger charge is 2.11.